The number of rotatable bonds is 13. The molecule has 2 saturated heterocycles. The Morgan fingerprint density at radius 2 is 1.88 bits per heavy atom. The van der Waals surface area contributed by atoms with Crippen LogP contribution in [0, 0.1) is 5.41 Å². The molecule has 6 bridgehead atoms. The Balaban J connectivity index is 1.25. The van der Waals surface area contributed by atoms with E-state index in [-0.39, 0.29) is 50.8 Å². The Morgan fingerprint density at radius 1 is 1.09 bits per heavy atom. The average molecular weight is 909 g/mol. The van der Waals surface area contributed by atoms with Gasteiger partial charge in [0.15, 0.2) is 0 Å². The number of pyridine rings is 1. The lowest BCUT2D eigenvalue weighted by Crippen LogP contribution is -2.61. The second-order valence-corrected chi connectivity index (χ2v) is 18.5. The van der Waals surface area contributed by atoms with Crippen LogP contribution in [0.2, 0.25) is 0 Å². The topological polar surface area (TPSA) is 199 Å². The Morgan fingerprint density at radius 3 is 2.61 bits per heavy atom. The number of aliphatic hydroxyl groups excluding tert-OH is 1. The predicted octanol–water partition coefficient (Wildman–Crippen LogP) is 3.26. The SMILES string of the molecule is CC[C@@H](C(=O)N[C@H]1Cc2cc(O)cc(c2)-c2ccc3c(c2)c(c(-c2cnccc2COC)n3CC)CC(C)(C)COC(=O)[C@@H]2CCCN(N2)C1=O)N(C)C(=O)CN(C)C(=O)[C@@H]1CN1CCO. The monoisotopic (exact) mass is 908 g/mol. The summed E-state index contributed by atoms with van der Waals surface area (Å²) in [7, 11) is 4.69. The van der Waals surface area contributed by atoms with Gasteiger partial charge in [-0.15, -0.1) is 0 Å². The minimum atomic E-state index is -1.18. The first-order valence-electron chi connectivity index (χ1n) is 22.9. The average Bonchev–Trinajstić information content (AvgIpc) is 4.01. The lowest BCUT2D eigenvalue weighted by Gasteiger charge is -2.36. The number of hydrogen-bond donors (Lipinski definition) is 4. The van der Waals surface area contributed by atoms with Crippen LogP contribution in [0.3, 0.4) is 0 Å². The number of carbonyl (C=O) groups is 5. The number of esters is 1. The highest BCUT2D eigenvalue weighted by atomic mass is 16.5. The van der Waals surface area contributed by atoms with Crippen molar-refractivity contribution in [2.75, 3.05) is 60.6 Å². The van der Waals surface area contributed by atoms with E-state index in [2.05, 4.69) is 53.2 Å². The van der Waals surface area contributed by atoms with E-state index in [1.54, 1.807) is 37.3 Å². The number of hydrazine groups is 1. The molecule has 7 rings (SSSR count). The van der Waals surface area contributed by atoms with Crippen LogP contribution in [0.4, 0.5) is 0 Å². The van der Waals surface area contributed by atoms with E-state index < -0.39 is 53.3 Å². The van der Waals surface area contributed by atoms with Crippen molar-refractivity contribution in [1.82, 2.24) is 40.0 Å². The third-order valence-electron chi connectivity index (χ3n) is 13.0. The molecule has 5 atom stereocenters. The number of nitrogens with zero attached hydrogens (tertiary/aromatic N) is 6. The van der Waals surface area contributed by atoms with Gasteiger partial charge in [0.25, 0.3) is 5.91 Å². The number of likely N-dealkylation sites (N-methyl/N-ethyl adjacent to an activating group) is 2. The number of fused-ring (bicyclic) bond motifs is 6. The first-order chi connectivity index (χ1) is 31.6. The molecule has 354 valence electrons. The lowest BCUT2D eigenvalue weighted by atomic mass is 9.84. The Kier molecular flexibility index (Phi) is 14.8. The number of carbonyl (C=O) groups excluding carboxylic acids is 5. The van der Waals surface area contributed by atoms with E-state index in [0.29, 0.717) is 56.6 Å². The van der Waals surface area contributed by atoms with Gasteiger partial charge in [0.05, 0.1) is 32.1 Å². The molecule has 2 aromatic heterocycles. The van der Waals surface area contributed by atoms with Gasteiger partial charge in [-0.3, -0.25) is 38.9 Å². The Bertz CT molecular complexity index is 2470. The maximum Gasteiger partial charge on any atom is 0.324 e. The number of aromatic nitrogens is 2. The van der Waals surface area contributed by atoms with Crippen molar-refractivity contribution in [2.45, 2.75) is 97.1 Å². The van der Waals surface area contributed by atoms with Gasteiger partial charge in [0.1, 0.15) is 29.9 Å². The predicted molar refractivity (Wildman–Crippen MR) is 248 cm³/mol. The molecule has 4 N–H and O–H groups in total. The first-order valence-corrected chi connectivity index (χ1v) is 22.9. The highest BCUT2D eigenvalue weighted by molar-refractivity contribution is 5.96. The van der Waals surface area contributed by atoms with Crippen molar-refractivity contribution in [3.05, 3.63) is 71.5 Å². The van der Waals surface area contributed by atoms with E-state index >= 15 is 0 Å². The maximum atomic E-state index is 14.6. The van der Waals surface area contributed by atoms with Crippen LogP contribution in [0.15, 0.2) is 54.9 Å². The summed E-state index contributed by atoms with van der Waals surface area (Å²) >= 11 is 0. The Labute approximate surface area is 386 Å². The quantitative estimate of drug-likeness (QED) is 0.113. The van der Waals surface area contributed by atoms with Crippen LogP contribution in [0.25, 0.3) is 33.3 Å². The van der Waals surface area contributed by atoms with Gasteiger partial charge in [-0.1, -0.05) is 32.9 Å². The normalized spacial score (nSPS) is 21.1. The number of nitrogens with one attached hydrogen (secondary N) is 2. The van der Waals surface area contributed by atoms with E-state index in [1.165, 1.54) is 28.9 Å². The third-order valence-corrected chi connectivity index (χ3v) is 13.0. The van der Waals surface area contributed by atoms with E-state index in [9.17, 15) is 34.2 Å². The van der Waals surface area contributed by atoms with Gasteiger partial charge >= 0.3 is 5.97 Å². The second-order valence-electron chi connectivity index (χ2n) is 18.5. The molecule has 0 radical (unpaired) electrons. The fourth-order valence-corrected chi connectivity index (χ4v) is 9.44. The van der Waals surface area contributed by atoms with Crippen molar-refractivity contribution in [2.24, 2.45) is 5.41 Å². The Hall–Kier alpha value is -5.88. The van der Waals surface area contributed by atoms with Gasteiger partial charge in [-0.05, 0) is 90.8 Å². The van der Waals surface area contributed by atoms with Gasteiger partial charge in [0, 0.05) is 88.1 Å². The van der Waals surface area contributed by atoms with Crippen molar-refractivity contribution in [1.29, 1.82) is 0 Å². The molecule has 0 aliphatic carbocycles. The molecule has 4 amide bonds. The number of ether oxygens (including phenoxy) is 2. The zero-order valence-corrected chi connectivity index (χ0v) is 39.1. The molecule has 17 nitrogen and oxygen atoms in total. The number of phenols is 1. The molecule has 2 fully saturated rings. The summed E-state index contributed by atoms with van der Waals surface area (Å²) in [4.78, 5) is 78.2. The summed E-state index contributed by atoms with van der Waals surface area (Å²) in [6.45, 7) is 9.92. The molecule has 0 spiro atoms. The van der Waals surface area contributed by atoms with Gasteiger partial charge < -0.3 is 39.4 Å². The summed E-state index contributed by atoms with van der Waals surface area (Å²) in [5.74, 6) is -2.31. The molecule has 2 aromatic carbocycles. The molecule has 0 saturated carbocycles. The minimum absolute atomic E-state index is 0.0257. The summed E-state index contributed by atoms with van der Waals surface area (Å²) < 4.78 is 14.0. The standard InChI is InChI=1S/C49H64N8O9/c1-8-40(54(6)43(60)27-53(5)47(63)42-26-55(42)17-18-58)45(61)51-39-21-30-19-33(22-34(59)20-30)31-12-13-41-35(23-31)36(44(56(41)9-2)37-25-50-15-14-32(37)28-65-7)24-49(3,4)29-66-48(64)38-11-10-16-57(52-38)46(39)62/h12-15,19-20,22-23,25,38-40,42,52,58-59H,8-11,16-18,21,24,26-29H2,1-7H3,(H,51,61)/t38-,39-,40-,42-,55?/m0/s1. The first kappa shape index (κ1) is 48.1. The van der Waals surface area contributed by atoms with E-state index in [1.807, 2.05) is 24.4 Å². The van der Waals surface area contributed by atoms with Crippen LogP contribution in [-0.2, 0) is 59.4 Å². The number of aryl methyl sites for hydroxylation is 1. The number of aromatic hydroxyl groups is 1. The molecule has 1 unspecified atom stereocenters. The summed E-state index contributed by atoms with van der Waals surface area (Å²) in [5.41, 5.74) is 9.61. The van der Waals surface area contributed by atoms with Crippen molar-refractivity contribution in [3.8, 4) is 28.1 Å². The van der Waals surface area contributed by atoms with Gasteiger partial charge in [-0.25, -0.2) is 5.43 Å². The number of hydrogen-bond acceptors (Lipinski definition) is 12. The minimum Gasteiger partial charge on any atom is -0.508 e. The summed E-state index contributed by atoms with van der Waals surface area (Å²) in [6.07, 6.45) is 5.27. The molecule has 3 aliphatic rings. The number of benzene rings is 2. The van der Waals surface area contributed by atoms with Crippen molar-refractivity contribution >= 4 is 40.5 Å². The summed E-state index contributed by atoms with van der Waals surface area (Å²) in [5, 5.41) is 25.8. The highest BCUT2D eigenvalue weighted by Gasteiger charge is 2.42. The zero-order chi connectivity index (χ0) is 47.4. The van der Waals surface area contributed by atoms with Crippen LogP contribution in [-0.4, -0.2) is 154 Å². The van der Waals surface area contributed by atoms with E-state index in [0.717, 1.165) is 38.9 Å². The maximum absolute atomic E-state index is 14.6. The largest absolute Gasteiger partial charge is 0.508 e. The van der Waals surface area contributed by atoms with E-state index in [4.69, 9.17) is 9.47 Å². The highest BCUT2D eigenvalue weighted by Crippen LogP contribution is 2.41. The fraction of sp³-hybridized carbons (Fsp3) is 0.510. The molecular weight excluding hydrogens is 845 g/mol. The number of cyclic esters (lactones) is 1. The molecule has 4 aromatic rings. The third kappa shape index (κ3) is 10.4. The number of β-amino-alcohol motifs (C(OH)–C–C–N with tert-alkyl or cyclic N) is 1. The van der Waals surface area contributed by atoms with Crippen LogP contribution >= 0.6 is 0 Å². The fourth-order valence-electron chi connectivity index (χ4n) is 9.44. The second kappa shape index (κ2) is 20.3. The lowest BCUT2D eigenvalue weighted by molar-refractivity contribution is -0.155. The van der Waals surface area contributed by atoms with Gasteiger partial charge in [-0.2, -0.15) is 0 Å². The number of methoxy groups -OCH3 is 1. The van der Waals surface area contributed by atoms with Crippen LogP contribution in [0.5, 0.6) is 5.75 Å². The van der Waals surface area contributed by atoms with Crippen LogP contribution in [0.1, 0.15) is 63.6 Å². The van der Waals surface area contributed by atoms with Crippen LogP contribution < -0.4 is 10.7 Å². The molecule has 17 heteroatoms. The molecule has 66 heavy (non-hydrogen) atoms. The molecule has 5 heterocycles. The number of amides is 4. The molecule has 3 aliphatic heterocycles. The number of phenolic OH excluding ortho intramolecular Hbond substituents is 1. The van der Waals surface area contributed by atoms with Crippen molar-refractivity contribution < 1.29 is 43.7 Å². The zero-order valence-electron chi connectivity index (χ0n) is 39.1. The summed E-state index contributed by atoms with van der Waals surface area (Å²) in [6, 6.07) is 9.90. The number of aliphatic hydroxyl groups is 1. The van der Waals surface area contributed by atoms with Gasteiger partial charge in [0.2, 0.25) is 17.7 Å². The smallest absolute Gasteiger partial charge is 0.324 e. The van der Waals surface area contributed by atoms with Crippen molar-refractivity contribution in [3.63, 3.8) is 0 Å². The molecular formula is C49H64N8O9.